The molecule has 4 atom stereocenters. The van der Waals surface area contributed by atoms with Gasteiger partial charge in [-0.1, -0.05) is 201 Å². The van der Waals surface area contributed by atoms with Gasteiger partial charge in [-0.25, -0.2) is 0 Å². The summed E-state index contributed by atoms with van der Waals surface area (Å²) in [5, 5.41) is 1.37. The van der Waals surface area contributed by atoms with Crippen LogP contribution in [0.1, 0.15) is 220 Å². The summed E-state index contributed by atoms with van der Waals surface area (Å²) < 4.78 is 2.81. The van der Waals surface area contributed by atoms with Gasteiger partial charge in [0, 0.05) is 83.9 Å². The molecule has 0 amide bonds. The van der Waals surface area contributed by atoms with Gasteiger partial charge in [0.2, 0.25) is 0 Å². The van der Waals surface area contributed by atoms with Crippen LogP contribution in [-0.2, 0) is 37.9 Å². The number of benzene rings is 7. The van der Waals surface area contributed by atoms with Crippen LogP contribution in [0.15, 0.2) is 127 Å². The van der Waals surface area contributed by atoms with Gasteiger partial charge in [0.15, 0.2) is 0 Å². The van der Waals surface area contributed by atoms with Gasteiger partial charge >= 0.3 is 0 Å². The van der Waals surface area contributed by atoms with Crippen molar-refractivity contribution in [3.63, 3.8) is 0 Å². The van der Waals surface area contributed by atoms with E-state index in [0.29, 0.717) is 0 Å². The molecule has 4 aliphatic carbocycles. The summed E-state index contributed by atoms with van der Waals surface area (Å²) in [6.45, 7) is 39.8. The average Bonchev–Trinajstić information content (AvgIpc) is 1.45. The van der Waals surface area contributed by atoms with Crippen LogP contribution in [0.25, 0.3) is 27.7 Å². The Kier molecular flexibility index (Phi) is 10.4. The van der Waals surface area contributed by atoms with Gasteiger partial charge < -0.3 is 19.3 Å². The maximum absolute atomic E-state index is 2.89. The maximum atomic E-state index is 2.89. The van der Waals surface area contributed by atoms with Crippen LogP contribution in [-0.4, -0.2) is 22.4 Å². The molecule has 84 heavy (non-hydrogen) atoms. The Morgan fingerprint density at radius 3 is 1.61 bits per heavy atom. The van der Waals surface area contributed by atoms with Crippen molar-refractivity contribution in [2.45, 2.75) is 224 Å². The second kappa shape index (κ2) is 16.5. The van der Waals surface area contributed by atoms with E-state index >= 15 is 0 Å². The number of rotatable bonds is 3. The Labute approximate surface area is 503 Å². The molecule has 5 heteroatoms. The second-order valence-corrected chi connectivity index (χ2v) is 32.6. The summed E-state index contributed by atoms with van der Waals surface area (Å²) in [4.78, 5) is 8.53. The van der Waals surface area contributed by atoms with E-state index < -0.39 is 0 Å². The molecule has 8 aliphatic rings. The Balaban J connectivity index is 1.03. The van der Waals surface area contributed by atoms with Crippen molar-refractivity contribution >= 4 is 73.8 Å². The minimum Gasteiger partial charge on any atom is -0.334 e. The lowest BCUT2D eigenvalue weighted by Gasteiger charge is -2.51. The van der Waals surface area contributed by atoms with Gasteiger partial charge in [-0.2, -0.15) is 0 Å². The molecule has 428 valence electrons. The molecule has 0 radical (unpaired) electrons. The second-order valence-electron chi connectivity index (χ2n) is 32.6. The fraction of sp³-hybridized carbons (Fsp3) is 0.443. The summed E-state index contributed by atoms with van der Waals surface area (Å²) in [6.07, 6.45) is 12.0. The van der Waals surface area contributed by atoms with Gasteiger partial charge in [0.05, 0.1) is 11.1 Å². The zero-order valence-corrected chi connectivity index (χ0v) is 53.6. The largest absolute Gasteiger partial charge is 0.334 e. The van der Waals surface area contributed by atoms with Crippen molar-refractivity contribution in [3.05, 3.63) is 172 Å². The van der Waals surface area contributed by atoms with Crippen molar-refractivity contribution in [1.29, 1.82) is 0 Å². The van der Waals surface area contributed by atoms with Gasteiger partial charge in [0.1, 0.15) is 0 Å². The molecule has 0 saturated heterocycles. The third kappa shape index (κ3) is 6.53. The molecule has 2 fully saturated rings. The molecule has 5 heterocycles. The van der Waals surface area contributed by atoms with Crippen molar-refractivity contribution in [1.82, 2.24) is 4.57 Å². The SMILES string of the molecule is CC(C)(C)c1ccc2c(c1)C1(C)CCCCC1(C)N2c1ccc2c(c1)N(c1ccc3c(c1)C(C)(C)CCC3(C)C)c1cc(N3c4ccc(C(C)(C)C)cc4C4(C)CCCCC34C)cc3c1B2c1cccc2c4c(n-3c12)C(C)(C)c1ccccc1-4. The zero-order chi connectivity index (χ0) is 58.6. The molecule has 0 N–H and O–H groups in total. The summed E-state index contributed by atoms with van der Waals surface area (Å²) in [7, 11) is 0. The van der Waals surface area contributed by atoms with Gasteiger partial charge in [-0.3, -0.25) is 0 Å². The van der Waals surface area contributed by atoms with Crippen LogP contribution in [0.3, 0.4) is 0 Å². The standard InChI is InChI=1S/C79H89BN4/c1-71(2,3)48-28-34-62-58(42-48)76(13)36-19-21-38-78(76,15)83(62)51-31-33-60-64(45-51)81(50-30-32-56-57(44-50)74(9,10)41-40-73(56,7)8)65-46-52(84-63-35-29-49(72(4,5)6)43-59(63)77(14)37-20-22-39-79(77,84)16)47-66-68(65)80(60)61-27-23-25-54-67-53-24-17-18-26-55(53)75(11,12)70(67)82(66)69(54)61/h17-18,23-35,42-47H,19-22,36-41H2,1-16H3. The summed E-state index contributed by atoms with van der Waals surface area (Å²) in [5.74, 6) is 0. The third-order valence-corrected chi connectivity index (χ3v) is 24.8. The highest BCUT2D eigenvalue weighted by atomic mass is 15.3. The van der Waals surface area contributed by atoms with Crippen LogP contribution < -0.4 is 31.1 Å². The summed E-state index contributed by atoms with van der Waals surface area (Å²) in [5.41, 5.74) is 30.5. The number of anilines is 7. The number of aromatic nitrogens is 1. The van der Waals surface area contributed by atoms with E-state index in [1.807, 2.05) is 0 Å². The quantitative estimate of drug-likeness (QED) is 0.164. The number of hydrogen-bond acceptors (Lipinski definition) is 3. The molecule has 7 aromatic carbocycles. The minimum absolute atomic E-state index is 0.00528. The fourth-order valence-electron chi connectivity index (χ4n) is 19.4. The number of para-hydroxylation sites is 1. The van der Waals surface area contributed by atoms with Crippen molar-refractivity contribution in [2.75, 3.05) is 14.7 Å². The lowest BCUT2D eigenvalue weighted by Crippen LogP contribution is -2.61. The van der Waals surface area contributed by atoms with E-state index in [4.69, 9.17) is 0 Å². The normalized spacial score (nSPS) is 26.0. The molecule has 0 spiro atoms. The minimum atomic E-state index is -0.239. The lowest BCUT2D eigenvalue weighted by molar-refractivity contribution is 0.195. The first kappa shape index (κ1) is 53.0. The number of fused-ring (bicyclic) bond motifs is 16. The first-order chi connectivity index (χ1) is 39.6. The molecule has 4 aliphatic heterocycles. The Hall–Kier alpha value is -6.46. The zero-order valence-electron chi connectivity index (χ0n) is 53.6. The molecule has 4 nitrogen and oxygen atoms in total. The van der Waals surface area contributed by atoms with Gasteiger partial charge in [-0.15, -0.1) is 0 Å². The summed E-state index contributed by atoms with van der Waals surface area (Å²) in [6, 6.07) is 52.8. The number of nitrogens with zero attached hydrogens (tertiary/aromatic N) is 4. The van der Waals surface area contributed by atoms with Crippen LogP contribution >= 0.6 is 0 Å². The molecule has 1 aromatic heterocycles. The fourth-order valence-corrected chi connectivity index (χ4v) is 19.4. The molecule has 0 bridgehead atoms. The average molecular weight is 1110 g/mol. The first-order valence-electron chi connectivity index (χ1n) is 32.6. The van der Waals surface area contributed by atoms with Crippen LogP contribution in [0.2, 0.25) is 0 Å². The predicted molar refractivity (Wildman–Crippen MR) is 358 cm³/mol. The molecule has 8 aromatic rings. The van der Waals surface area contributed by atoms with E-state index in [1.54, 1.807) is 0 Å². The van der Waals surface area contributed by atoms with Crippen LogP contribution in [0.4, 0.5) is 39.8 Å². The van der Waals surface area contributed by atoms with E-state index in [9.17, 15) is 0 Å². The first-order valence-corrected chi connectivity index (χ1v) is 32.6. The highest BCUT2D eigenvalue weighted by Gasteiger charge is 2.60. The van der Waals surface area contributed by atoms with Crippen LogP contribution in [0.5, 0.6) is 0 Å². The van der Waals surface area contributed by atoms with Crippen molar-refractivity contribution in [2.24, 2.45) is 0 Å². The Bertz CT molecular complexity index is 4210. The van der Waals surface area contributed by atoms with Gasteiger partial charge in [0.25, 0.3) is 6.71 Å². The molecule has 16 rings (SSSR count). The topological polar surface area (TPSA) is 14.7 Å². The molecular weight excluding hydrogens is 1020 g/mol. The van der Waals surface area contributed by atoms with E-state index in [-0.39, 0.29) is 55.7 Å². The Morgan fingerprint density at radius 2 is 0.976 bits per heavy atom. The Morgan fingerprint density at radius 1 is 0.417 bits per heavy atom. The van der Waals surface area contributed by atoms with Crippen LogP contribution in [0, 0.1) is 0 Å². The molecule has 4 unspecified atom stereocenters. The molecular formula is C79H89BN4. The van der Waals surface area contributed by atoms with Crippen molar-refractivity contribution < 1.29 is 0 Å². The number of hydrogen-bond donors (Lipinski definition) is 0. The van der Waals surface area contributed by atoms with Crippen molar-refractivity contribution in [3.8, 4) is 16.8 Å². The lowest BCUT2D eigenvalue weighted by atomic mass is 9.33. The van der Waals surface area contributed by atoms with E-state index in [0.717, 1.165) is 12.8 Å². The maximum Gasteiger partial charge on any atom is 0.252 e. The monoisotopic (exact) mass is 1100 g/mol. The molecule has 2 saturated carbocycles. The summed E-state index contributed by atoms with van der Waals surface area (Å²) >= 11 is 0. The highest BCUT2D eigenvalue weighted by Crippen LogP contribution is 2.65. The smallest absolute Gasteiger partial charge is 0.252 e. The van der Waals surface area contributed by atoms with Gasteiger partial charge in [-0.05, 0) is 183 Å². The van der Waals surface area contributed by atoms with E-state index in [2.05, 4.69) is 257 Å². The van der Waals surface area contributed by atoms with E-state index in [1.165, 1.54) is 180 Å². The highest BCUT2D eigenvalue weighted by molar-refractivity contribution is 7.00. The third-order valence-electron chi connectivity index (χ3n) is 24.8. The predicted octanol–water partition coefficient (Wildman–Crippen LogP) is 19.0.